The third kappa shape index (κ3) is 3.94. The number of nitrogens with two attached hydrogens (primary N) is 1. The van der Waals surface area contributed by atoms with E-state index in [2.05, 4.69) is 9.88 Å². The highest BCUT2D eigenvalue weighted by Gasteiger charge is 2.38. The van der Waals surface area contributed by atoms with Crippen molar-refractivity contribution in [3.05, 3.63) is 16.6 Å². The summed E-state index contributed by atoms with van der Waals surface area (Å²) in [6.07, 6.45) is 8.49. The summed E-state index contributed by atoms with van der Waals surface area (Å²) in [6, 6.07) is 0.204. The Morgan fingerprint density at radius 1 is 1.27 bits per heavy atom. The molecule has 1 unspecified atom stereocenters. The van der Waals surface area contributed by atoms with E-state index in [9.17, 15) is 4.79 Å². The predicted octanol–water partition coefficient (Wildman–Crippen LogP) is 3.42. The lowest BCUT2D eigenvalue weighted by Gasteiger charge is -2.37. The number of likely N-dealkylation sites (tertiary alicyclic amines) is 1. The first-order valence-corrected chi connectivity index (χ1v) is 8.59. The van der Waals surface area contributed by atoms with Gasteiger partial charge in [-0.3, -0.25) is 4.79 Å². The first kappa shape index (κ1) is 19.7. The van der Waals surface area contributed by atoms with Crippen LogP contribution in [0.3, 0.4) is 0 Å². The van der Waals surface area contributed by atoms with Gasteiger partial charge in [0, 0.05) is 24.0 Å². The molecular weight excluding hydrogens is 341 g/mol. The summed E-state index contributed by atoms with van der Waals surface area (Å²) in [7, 11) is 0. The van der Waals surface area contributed by atoms with Crippen LogP contribution in [0.25, 0.3) is 0 Å². The van der Waals surface area contributed by atoms with Gasteiger partial charge in [-0.05, 0) is 44.6 Å². The smallest absolute Gasteiger partial charge is 0.226 e. The third-order valence-electron chi connectivity index (χ3n) is 4.80. The van der Waals surface area contributed by atoms with Crippen LogP contribution in [-0.4, -0.2) is 28.9 Å². The van der Waals surface area contributed by atoms with E-state index in [-0.39, 0.29) is 36.8 Å². The summed E-state index contributed by atoms with van der Waals surface area (Å²) >= 11 is 1.67. The molecule has 0 aromatic carbocycles. The van der Waals surface area contributed by atoms with Gasteiger partial charge in [0.05, 0.1) is 6.04 Å². The average molecular weight is 366 g/mol. The minimum absolute atomic E-state index is 0. The first-order chi connectivity index (χ1) is 9.81. The Morgan fingerprint density at radius 2 is 2.09 bits per heavy atom. The second kappa shape index (κ2) is 9.06. The van der Waals surface area contributed by atoms with E-state index in [1.54, 1.807) is 11.3 Å². The molecule has 3 atom stereocenters. The van der Waals surface area contributed by atoms with Gasteiger partial charge < -0.3 is 10.6 Å². The maximum absolute atomic E-state index is 12.9. The first-order valence-electron chi connectivity index (χ1n) is 7.71. The van der Waals surface area contributed by atoms with Gasteiger partial charge in [0.1, 0.15) is 5.01 Å². The fourth-order valence-corrected chi connectivity index (χ4v) is 4.49. The summed E-state index contributed by atoms with van der Waals surface area (Å²) in [5.41, 5.74) is 5.84. The zero-order chi connectivity index (χ0) is 13.9. The number of halogens is 2. The molecule has 1 saturated carbocycles. The van der Waals surface area contributed by atoms with Crippen LogP contribution in [0.5, 0.6) is 0 Å². The number of aromatic nitrogens is 1. The van der Waals surface area contributed by atoms with E-state index < -0.39 is 0 Å². The number of rotatable bonds is 3. The molecule has 1 saturated heterocycles. The minimum atomic E-state index is 0. The van der Waals surface area contributed by atoms with Crippen LogP contribution in [0.2, 0.25) is 0 Å². The molecule has 2 fully saturated rings. The van der Waals surface area contributed by atoms with E-state index in [4.69, 9.17) is 5.73 Å². The Balaban J connectivity index is 0.00000121. The van der Waals surface area contributed by atoms with E-state index in [1.165, 1.54) is 6.42 Å². The fraction of sp³-hybridized carbons (Fsp3) is 0.733. The third-order valence-corrected chi connectivity index (χ3v) is 5.68. The summed E-state index contributed by atoms with van der Waals surface area (Å²) in [4.78, 5) is 19.5. The lowest BCUT2D eigenvalue weighted by molar-refractivity contribution is -0.140. The molecule has 3 rings (SSSR count). The molecular formula is C15H25Cl2N3OS. The highest BCUT2D eigenvalue weighted by molar-refractivity contribution is 7.09. The molecule has 1 aliphatic carbocycles. The van der Waals surface area contributed by atoms with Crippen LogP contribution in [0.1, 0.15) is 49.6 Å². The van der Waals surface area contributed by atoms with Gasteiger partial charge in [-0.2, -0.15) is 0 Å². The van der Waals surface area contributed by atoms with Gasteiger partial charge in [0.2, 0.25) is 5.91 Å². The van der Waals surface area contributed by atoms with Crippen LogP contribution < -0.4 is 5.73 Å². The van der Waals surface area contributed by atoms with E-state index in [1.807, 2.05) is 11.6 Å². The second-order valence-electron chi connectivity index (χ2n) is 5.95. The van der Waals surface area contributed by atoms with Crippen molar-refractivity contribution in [2.24, 2.45) is 17.6 Å². The highest BCUT2D eigenvalue weighted by Crippen LogP contribution is 2.38. The van der Waals surface area contributed by atoms with Gasteiger partial charge >= 0.3 is 0 Å². The van der Waals surface area contributed by atoms with Crippen molar-refractivity contribution in [3.63, 3.8) is 0 Å². The van der Waals surface area contributed by atoms with Crippen molar-refractivity contribution in [3.8, 4) is 0 Å². The van der Waals surface area contributed by atoms with Crippen molar-refractivity contribution in [2.75, 3.05) is 13.1 Å². The fourth-order valence-electron chi connectivity index (χ4n) is 3.71. The maximum Gasteiger partial charge on any atom is 0.226 e. The van der Waals surface area contributed by atoms with Crippen LogP contribution in [-0.2, 0) is 4.79 Å². The molecule has 1 aromatic heterocycles. The van der Waals surface area contributed by atoms with Gasteiger partial charge in [-0.1, -0.05) is 6.42 Å². The summed E-state index contributed by atoms with van der Waals surface area (Å²) in [5.74, 6) is 0.875. The van der Waals surface area contributed by atoms with Gasteiger partial charge in [0.25, 0.3) is 0 Å². The Kier molecular flexibility index (Phi) is 8.11. The molecule has 0 radical (unpaired) electrons. The Bertz CT molecular complexity index is 458. The lowest BCUT2D eigenvalue weighted by atomic mass is 9.92. The molecule has 1 aliphatic heterocycles. The summed E-state index contributed by atoms with van der Waals surface area (Å²) in [5, 5.41) is 3.10. The van der Waals surface area contributed by atoms with Crippen LogP contribution in [0, 0.1) is 11.8 Å². The largest absolute Gasteiger partial charge is 0.333 e. The number of amides is 1. The molecule has 7 heteroatoms. The molecule has 4 nitrogen and oxygen atoms in total. The molecule has 1 aromatic rings. The van der Waals surface area contributed by atoms with E-state index >= 15 is 0 Å². The number of carbonyl (C=O) groups excluding carboxylic acids is 1. The standard InChI is InChI=1S/C15H23N3OS.2ClH/c16-10-11-4-3-5-12(11)15(19)18-8-2-1-6-13(18)14-17-7-9-20-14;;/h7,9,11-13H,1-6,8,10,16H2;2*1H/t11-,12-,13?;;/m1../s1. The monoisotopic (exact) mass is 365 g/mol. The van der Waals surface area contributed by atoms with Gasteiger partial charge in [0.15, 0.2) is 0 Å². The topological polar surface area (TPSA) is 59.2 Å². The molecule has 2 heterocycles. The average Bonchev–Trinajstić information content (AvgIpc) is 3.17. The Hall–Kier alpha value is -0.360. The van der Waals surface area contributed by atoms with Crippen molar-refractivity contribution in [1.82, 2.24) is 9.88 Å². The number of hydrogen-bond donors (Lipinski definition) is 1. The van der Waals surface area contributed by atoms with Crippen LogP contribution in [0.15, 0.2) is 11.6 Å². The van der Waals surface area contributed by atoms with E-state index in [0.717, 1.165) is 43.7 Å². The lowest BCUT2D eigenvalue weighted by Crippen LogP contribution is -2.43. The summed E-state index contributed by atoms with van der Waals surface area (Å²) in [6.45, 7) is 1.53. The number of carbonyl (C=O) groups is 1. The number of thiazole rings is 1. The molecule has 0 spiro atoms. The van der Waals surface area contributed by atoms with Gasteiger partial charge in [-0.25, -0.2) is 4.98 Å². The minimum Gasteiger partial charge on any atom is -0.333 e. The molecule has 2 aliphatic rings. The van der Waals surface area contributed by atoms with Gasteiger partial charge in [-0.15, -0.1) is 36.2 Å². The Morgan fingerprint density at radius 3 is 2.77 bits per heavy atom. The maximum atomic E-state index is 12.9. The number of nitrogens with zero attached hydrogens (tertiary/aromatic N) is 2. The van der Waals surface area contributed by atoms with Crippen molar-refractivity contribution < 1.29 is 4.79 Å². The normalized spacial score (nSPS) is 27.9. The molecule has 1 amide bonds. The SMILES string of the molecule is Cl.Cl.NC[C@H]1CCC[C@H]1C(=O)N1CCCCC1c1nccs1. The van der Waals surface area contributed by atoms with Crippen molar-refractivity contribution >= 4 is 42.1 Å². The molecule has 2 N–H and O–H groups in total. The number of hydrogen-bond acceptors (Lipinski definition) is 4. The highest BCUT2D eigenvalue weighted by atomic mass is 35.5. The second-order valence-corrected chi connectivity index (χ2v) is 6.87. The van der Waals surface area contributed by atoms with E-state index in [0.29, 0.717) is 18.4 Å². The molecule has 0 bridgehead atoms. The molecule has 22 heavy (non-hydrogen) atoms. The van der Waals surface area contributed by atoms with Crippen LogP contribution in [0.4, 0.5) is 0 Å². The molecule has 126 valence electrons. The predicted molar refractivity (Wildman–Crippen MR) is 94.8 cm³/mol. The zero-order valence-electron chi connectivity index (χ0n) is 12.6. The summed E-state index contributed by atoms with van der Waals surface area (Å²) < 4.78 is 0. The number of piperidine rings is 1. The van der Waals surface area contributed by atoms with Crippen LogP contribution >= 0.6 is 36.2 Å². The van der Waals surface area contributed by atoms with Crippen molar-refractivity contribution in [2.45, 2.75) is 44.6 Å². The van der Waals surface area contributed by atoms with Crippen molar-refractivity contribution in [1.29, 1.82) is 0 Å². The Labute approximate surface area is 148 Å². The zero-order valence-corrected chi connectivity index (χ0v) is 15.1. The quantitative estimate of drug-likeness (QED) is 0.892.